The molecule has 0 amide bonds. The molecule has 1 aromatic heterocycles. The van der Waals surface area contributed by atoms with Crippen LogP contribution in [0.4, 0.5) is 0 Å². The molecule has 0 saturated heterocycles. The summed E-state index contributed by atoms with van der Waals surface area (Å²) in [6.45, 7) is 5.04. The smallest absolute Gasteiger partial charge is 0.107 e. The lowest BCUT2D eigenvalue weighted by Gasteiger charge is -2.57. The van der Waals surface area contributed by atoms with Crippen LogP contribution >= 0.6 is 0 Å². The first kappa shape index (κ1) is 16.9. The van der Waals surface area contributed by atoms with E-state index in [9.17, 15) is 5.11 Å². The zero-order valence-corrected chi connectivity index (χ0v) is 16.2. The lowest BCUT2D eigenvalue weighted by atomic mass is 9.47. The van der Waals surface area contributed by atoms with Gasteiger partial charge in [0.05, 0.1) is 12.4 Å². The van der Waals surface area contributed by atoms with E-state index < -0.39 is 0 Å². The average molecular weight is 353 g/mol. The molecule has 6 atom stereocenters. The third kappa shape index (κ3) is 2.34. The highest BCUT2D eigenvalue weighted by Crippen LogP contribution is 2.65. The molecule has 2 fully saturated rings. The molecule has 0 bridgehead atoms. The van der Waals surface area contributed by atoms with Gasteiger partial charge < -0.3 is 9.52 Å². The van der Waals surface area contributed by atoms with E-state index in [2.05, 4.69) is 32.1 Å². The van der Waals surface area contributed by atoms with Crippen LogP contribution in [-0.2, 0) is 6.42 Å². The first-order valence-corrected chi connectivity index (χ1v) is 10.6. The summed E-state index contributed by atoms with van der Waals surface area (Å²) in [6, 6.07) is 4.13. The van der Waals surface area contributed by atoms with Crippen molar-refractivity contribution in [1.29, 1.82) is 0 Å². The van der Waals surface area contributed by atoms with Gasteiger partial charge in [0.25, 0.3) is 0 Å². The Labute approximate surface area is 157 Å². The van der Waals surface area contributed by atoms with Crippen molar-refractivity contribution < 1.29 is 9.52 Å². The largest absolute Gasteiger partial charge is 0.469 e. The quantitative estimate of drug-likeness (QED) is 0.694. The van der Waals surface area contributed by atoms with Crippen LogP contribution in [0.2, 0.25) is 0 Å². The van der Waals surface area contributed by atoms with Gasteiger partial charge >= 0.3 is 0 Å². The highest BCUT2D eigenvalue weighted by molar-refractivity contribution is 5.31. The summed E-state index contributed by atoms with van der Waals surface area (Å²) in [5.74, 6) is 3.51. The van der Waals surface area contributed by atoms with Gasteiger partial charge in [0.1, 0.15) is 5.76 Å². The zero-order valence-electron chi connectivity index (χ0n) is 16.2. The summed E-state index contributed by atoms with van der Waals surface area (Å²) in [7, 11) is 0. The number of fused-ring (bicyclic) bond motifs is 5. The van der Waals surface area contributed by atoms with E-state index in [1.807, 2.05) is 6.07 Å². The van der Waals surface area contributed by atoms with Gasteiger partial charge in [-0.1, -0.05) is 37.1 Å². The van der Waals surface area contributed by atoms with E-state index in [-0.39, 0.29) is 6.10 Å². The number of rotatable bonds is 2. The Bertz CT molecular complexity index is 742. The molecule has 1 N–H and O–H groups in total. The molecule has 0 unspecified atom stereocenters. The summed E-state index contributed by atoms with van der Waals surface area (Å²) in [5, 5.41) is 10.1. The predicted molar refractivity (Wildman–Crippen MR) is 104 cm³/mol. The van der Waals surface area contributed by atoms with E-state index in [4.69, 9.17) is 4.42 Å². The summed E-state index contributed by atoms with van der Waals surface area (Å²) >= 11 is 0. The van der Waals surface area contributed by atoms with Gasteiger partial charge in [0, 0.05) is 6.42 Å². The molecule has 2 heteroatoms. The van der Waals surface area contributed by atoms with E-state index in [0.29, 0.717) is 10.8 Å². The molecule has 1 heterocycles. The molecule has 4 aliphatic carbocycles. The van der Waals surface area contributed by atoms with Crippen LogP contribution < -0.4 is 0 Å². The van der Waals surface area contributed by atoms with Crippen LogP contribution in [0.25, 0.3) is 0 Å². The lowest BCUT2D eigenvalue weighted by Crippen LogP contribution is -2.50. The molecule has 140 valence electrons. The maximum Gasteiger partial charge on any atom is 0.107 e. The van der Waals surface area contributed by atoms with Crippen molar-refractivity contribution in [2.45, 2.75) is 71.3 Å². The van der Waals surface area contributed by atoms with Crippen LogP contribution in [0, 0.1) is 28.6 Å². The fourth-order valence-electron chi connectivity index (χ4n) is 7.17. The van der Waals surface area contributed by atoms with Gasteiger partial charge in [-0.2, -0.15) is 0 Å². The molecule has 0 radical (unpaired) electrons. The number of aliphatic hydroxyl groups excluding tert-OH is 1. The predicted octanol–water partition coefficient (Wildman–Crippen LogP) is 5.68. The Morgan fingerprint density at radius 1 is 1.08 bits per heavy atom. The van der Waals surface area contributed by atoms with E-state index in [1.165, 1.54) is 32.1 Å². The standard InChI is InChI=1S/C24H32O2/c1-23-11-9-18(25)14-16(23)5-7-20-21-8-6-17(15-19-4-3-13-26-19)24(21,2)12-10-22(20)23/h3-6,13,18,20-22,25H,7-12,14-15H2,1-2H3/t18-,20-,21-,22-,23-,24+/m0/s1. The molecule has 5 rings (SSSR count). The molecule has 1 aromatic rings. The topological polar surface area (TPSA) is 33.4 Å². The molecule has 4 aliphatic rings. The Kier molecular flexibility index (Phi) is 3.80. The van der Waals surface area contributed by atoms with Gasteiger partial charge in [-0.15, -0.1) is 0 Å². The van der Waals surface area contributed by atoms with Crippen LogP contribution in [0.15, 0.2) is 46.1 Å². The van der Waals surface area contributed by atoms with Gasteiger partial charge in [-0.3, -0.25) is 0 Å². The van der Waals surface area contributed by atoms with Crippen molar-refractivity contribution in [3.63, 3.8) is 0 Å². The second-order valence-corrected chi connectivity index (χ2v) is 9.83. The zero-order chi connectivity index (χ0) is 17.9. The molecule has 0 aliphatic heterocycles. The van der Waals surface area contributed by atoms with Crippen molar-refractivity contribution in [1.82, 2.24) is 0 Å². The lowest BCUT2D eigenvalue weighted by molar-refractivity contribution is -0.0299. The SMILES string of the molecule is C[C@]12CC[C@H](O)CC1=CC[C@@H]1[C@@H]2CC[C@]2(C)C(Cc3ccco3)=CC[C@@H]12. The minimum atomic E-state index is -0.104. The maximum atomic E-state index is 10.1. The Hall–Kier alpha value is -1.28. The fourth-order valence-corrected chi connectivity index (χ4v) is 7.17. The van der Waals surface area contributed by atoms with Crippen molar-refractivity contribution in [2.24, 2.45) is 28.6 Å². The summed E-state index contributed by atoms with van der Waals surface area (Å²) in [5.41, 5.74) is 3.88. The average Bonchev–Trinajstić information content (AvgIpc) is 3.24. The van der Waals surface area contributed by atoms with Crippen molar-refractivity contribution in [2.75, 3.05) is 0 Å². The fraction of sp³-hybridized carbons (Fsp3) is 0.667. The molecule has 0 spiro atoms. The normalized spacial score (nSPS) is 44.6. The van der Waals surface area contributed by atoms with E-state index >= 15 is 0 Å². The molecule has 0 aromatic carbocycles. The highest BCUT2D eigenvalue weighted by Gasteiger charge is 2.56. The molecule has 2 nitrogen and oxygen atoms in total. The number of aliphatic hydroxyl groups is 1. The van der Waals surface area contributed by atoms with Gasteiger partial charge in [-0.25, -0.2) is 0 Å². The number of hydrogen-bond donors (Lipinski definition) is 1. The van der Waals surface area contributed by atoms with Crippen LogP contribution in [0.1, 0.15) is 64.6 Å². The molecular formula is C24H32O2. The van der Waals surface area contributed by atoms with Crippen LogP contribution in [-0.4, -0.2) is 11.2 Å². The van der Waals surface area contributed by atoms with Crippen molar-refractivity contribution in [3.8, 4) is 0 Å². The van der Waals surface area contributed by atoms with Crippen molar-refractivity contribution in [3.05, 3.63) is 47.5 Å². The number of furan rings is 1. The first-order chi connectivity index (χ1) is 12.5. The highest BCUT2D eigenvalue weighted by atomic mass is 16.3. The second kappa shape index (κ2) is 5.86. The summed E-state index contributed by atoms with van der Waals surface area (Å²) < 4.78 is 5.65. The first-order valence-electron chi connectivity index (χ1n) is 10.6. The van der Waals surface area contributed by atoms with Gasteiger partial charge in [-0.05, 0) is 85.7 Å². The van der Waals surface area contributed by atoms with Crippen LogP contribution in [0.5, 0.6) is 0 Å². The maximum absolute atomic E-state index is 10.1. The molecule has 2 saturated carbocycles. The van der Waals surface area contributed by atoms with Gasteiger partial charge in [0.2, 0.25) is 0 Å². The van der Waals surface area contributed by atoms with E-state index in [0.717, 1.165) is 42.8 Å². The second-order valence-electron chi connectivity index (χ2n) is 9.83. The Morgan fingerprint density at radius 2 is 1.92 bits per heavy atom. The Morgan fingerprint density at radius 3 is 2.73 bits per heavy atom. The van der Waals surface area contributed by atoms with Crippen molar-refractivity contribution >= 4 is 0 Å². The molecular weight excluding hydrogens is 320 g/mol. The number of hydrogen-bond acceptors (Lipinski definition) is 2. The number of allylic oxidation sites excluding steroid dienone is 3. The minimum absolute atomic E-state index is 0.104. The molecule has 26 heavy (non-hydrogen) atoms. The summed E-state index contributed by atoms with van der Waals surface area (Å²) in [6.07, 6.45) is 16.0. The third-order valence-electron chi connectivity index (χ3n) is 8.76. The Balaban J connectivity index is 1.42. The third-order valence-corrected chi connectivity index (χ3v) is 8.76. The minimum Gasteiger partial charge on any atom is -0.469 e. The van der Waals surface area contributed by atoms with E-state index in [1.54, 1.807) is 17.4 Å². The monoisotopic (exact) mass is 352 g/mol. The summed E-state index contributed by atoms with van der Waals surface area (Å²) in [4.78, 5) is 0. The van der Waals surface area contributed by atoms with Gasteiger partial charge in [0.15, 0.2) is 0 Å². The van der Waals surface area contributed by atoms with Crippen LogP contribution in [0.3, 0.4) is 0 Å².